The van der Waals surface area contributed by atoms with Gasteiger partial charge in [0.1, 0.15) is 5.75 Å². The molecule has 1 amide bonds. The second-order valence-corrected chi connectivity index (χ2v) is 6.95. The van der Waals surface area contributed by atoms with Gasteiger partial charge in [-0.15, -0.1) is 0 Å². The fraction of sp³-hybridized carbons (Fsp3) is 0.200. The van der Waals surface area contributed by atoms with Gasteiger partial charge in [0.05, 0.1) is 27.7 Å². The van der Waals surface area contributed by atoms with Crippen LogP contribution in [0.5, 0.6) is 5.75 Å². The Hall–Kier alpha value is -2.26. The first-order chi connectivity index (χ1) is 11.4. The normalized spacial score (nSPS) is 11.0. The Morgan fingerprint density at radius 2 is 2.17 bits per heavy atom. The van der Waals surface area contributed by atoms with E-state index in [0.717, 1.165) is 15.8 Å². The van der Waals surface area contributed by atoms with E-state index < -0.39 is 10.8 Å². The smallest absolute Gasteiger partial charge is 0.324 e. The molecule has 2 rings (SSSR count). The minimum atomic E-state index is -0.475. The summed E-state index contributed by atoms with van der Waals surface area (Å²) in [6.07, 6.45) is 1.28. The molecule has 1 aromatic heterocycles. The van der Waals surface area contributed by atoms with Crippen molar-refractivity contribution in [1.29, 1.82) is 0 Å². The molecule has 0 bridgehead atoms. The van der Waals surface area contributed by atoms with Gasteiger partial charge in [-0.3, -0.25) is 14.9 Å². The van der Waals surface area contributed by atoms with Gasteiger partial charge in [0.2, 0.25) is 0 Å². The highest BCUT2D eigenvalue weighted by Gasteiger charge is 2.14. The minimum Gasteiger partial charge on any atom is -0.490 e. The van der Waals surface area contributed by atoms with Gasteiger partial charge in [0, 0.05) is 10.5 Å². The Labute approximate surface area is 150 Å². The van der Waals surface area contributed by atoms with Crippen molar-refractivity contribution in [3.63, 3.8) is 0 Å². The lowest BCUT2D eigenvalue weighted by atomic mass is 10.2. The number of thiophene rings is 1. The number of hydrogen-bond donors (Lipinski definition) is 1. The van der Waals surface area contributed by atoms with E-state index in [-0.39, 0.29) is 11.1 Å². The van der Waals surface area contributed by atoms with E-state index in [1.54, 1.807) is 24.3 Å². The number of hydrogen-bond acceptors (Lipinski definition) is 6. The molecule has 2 aromatic rings. The highest BCUT2D eigenvalue weighted by molar-refractivity contribution is 9.10. The molecule has 0 radical (unpaired) electrons. The molecule has 126 valence electrons. The number of benzene rings is 1. The minimum absolute atomic E-state index is 0.0161. The summed E-state index contributed by atoms with van der Waals surface area (Å²) in [6, 6.07) is 8.06. The van der Waals surface area contributed by atoms with E-state index in [1.165, 1.54) is 12.3 Å². The van der Waals surface area contributed by atoms with Gasteiger partial charge < -0.3 is 4.74 Å². The van der Waals surface area contributed by atoms with Gasteiger partial charge in [0.25, 0.3) is 5.91 Å². The summed E-state index contributed by atoms with van der Waals surface area (Å²) in [5, 5.41) is 14.5. The first-order valence-electron chi connectivity index (χ1n) is 6.90. The van der Waals surface area contributed by atoms with Crippen molar-refractivity contribution in [3.05, 3.63) is 55.4 Å². The topological polar surface area (TPSA) is 93.8 Å². The van der Waals surface area contributed by atoms with Crippen LogP contribution >= 0.6 is 27.3 Å². The van der Waals surface area contributed by atoms with Crippen LogP contribution in [0.4, 0.5) is 5.00 Å². The number of nitro groups is 1. The molecule has 0 atom stereocenters. The molecule has 7 nitrogen and oxygen atoms in total. The average Bonchev–Trinajstić information content (AvgIpc) is 2.97. The molecule has 0 saturated carbocycles. The largest absolute Gasteiger partial charge is 0.490 e. The maximum Gasteiger partial charge on any atom is 0.324 e. The number of carbonyl (C=O) groups excluding carboxylic acids is 1. The molecule has 1 heterocycles. The predicted octanol–water partition coefficient (Wildman–Crippen LogP) is 3.97. The third kappa shape index (κ3) is 4.87. The summed E-state index contributed by atoms with van der Waals surface area (Å²) in [5.74, 6) is 0.0157. The van der Waals surface area contributed by atoms with Crippen molar-refractivity contribution in [1.82, 2.24) is 5.43 Å². The molecule has 0 aliphatic carbocycles. The van der Waals surface area contributed by atoms with Crippen molar-refractivity contribution < 1.29 is 14.5 Å². The summed E-state index contributed by atoms with van der Waals surface area (Å²) in [7, 11) is 0. The average molecular weight is 412 g/mol. The van der Waals surface area contributed by atoms with E-state index >= 15 is 0 Å². The van der Waals surface area contributed by atoms with E-state index in [9.17, 15) is 14.9 Å². The van der Waals surface area contributed by atoms with E-state index in [1.807, 2.05) is 13.8 Å². The van der Waals surface area contributed by atoms with Gasteiger partial charge in [-0.2, -0.15) is 5.10 Å². The number of nitrogens with zero attached hydrogens (tertiary/aromatic N) is 2. The van der Waals surface area contributed by atoms with Gasteiger partial charge in [-0.25, -0.2) is 5.43 Å². The monoisotopic (exact) mass is 411 g/mol. The lowest BCUT2D eigenvalue weighted by molar-refractivity contribution is -0.380. The third-order valence-electron chi connectivity index (χ3n) is 2.70. The van der Waals surface area contributed by atoms with E-state index in [0.29, 0.717) is 16.2 Å². The number of nitrogens with one attached hydrogen (secondary N) is 1. The van der Waals surface area contributed by atoms with Crippen molar-refractivity contribution in [3.8, 4) is 5.75 Å². The summed E-state index contributed by atoms with van der Waals surface area (Å²) < 4.78 is 6.35. The SMILES string of the molecule is CC(C)Oc1ccc(Br)cc1C(=O)NN=Cc1ccc([N+](=O)[O-])s1. The van der Waals surface area contributed by atoms with Crippen LogP contribution < -0.4 is 10.2 Å². The van der Waals surface area contributed by atoms with Crippen LogP contribution in [0.25, 0.3) is 0 Å². The molecule has 9 heteroatoms. The molecular weight excluding hydrogens is 398 g/mol. The molecule has 0 unspecified atom stereocenters. The summed E-state index contributed by atoms with van der Waals surface area (Å²) in [4.78, 5) is 23.0. The second-order valence-electron chi connectivity index (χ2n) is 4.94. The molecule has 24 heavy (non-hydrogen) atoms. The van der Waals surface area contributed by atoms with Gasteiger partial charge in [-0.05, 0) is 38.1 Å². The van der Waals surface area contributed by atoms with Crippen LogP contribution in [-0.4, -0.2) is 23.1 Å². The highest BCUT2D eigenvalue weighted by atomic mass is 79.9. The number of halogens is 1. The van der Waals surface area contributed by atoms with Gasteiger partial charge >= 0.3 is 5.00 Å². The van der Waals surface area contributed by atoms with Crippen molar-refractivity contribution in [2.24, 2.45) is 5.10 Å². The van der Waals surface area contributed by atoms with Gasteiger partial charge in [0.15, 0.2) is 0 Å². The lowest BCUT2D eigenvalue weighted by Crippen LogP contribution is -2.19. The molecular formula is C15H14BrN3O4S. The predicted molar refractivity (Wildman–Crippen MR) is 95.9 cm³/mol. The molecule has 0 saturated heterocycles. The Bertz CT molecular complexity index is 789. The zero-order valence-electron chi connectivity index (χ0n) is 12.9. The third-order valence-corrected chi connectivity index (χ3v) is 4.16. The zero-order valence-corrected chi connectivity index (χ0v) is 15.3. The molecule has 1 aromatic carbocycles. The van der Waals surface area contributed by atoms with Crippen LogP contribution in [-0.2, 0) is 0 Å². The van der Waals surface area contributed by atoms with Crippen LogP contribution in [0.3, 0.4) is 0 Å². The zero-order chi connectivity index (χ0) is 17.7. The number of hydrazone groups is 1. The Balaban J connectivity index is 2.10. The quantitative estimate of drug-likeness (QED) is 0.441. The highest BCUT2D eigenvalue weighted by Crippen LogP contribution is 2.24. The Kier molecular flexibility index (Phi) is 6.04. The first-order valence-corrected chi connectivity index (χ1v) is 8.51. The second kappa shape index (κ2) is 8.02. The number of amides is 1. The Morgan fingerprint density at radius 3 is 2.79 bits per heavy atom. The van der Waals surface area contributed by atoms with Gasteiger partial charge in [-0.1, -0.05) is 27.3 Å². The van der Waals surface area contributed by atoms with Crippen molar-refractivity contribution in [2.75, 3.05) is 0 Å². The summed E-state index contributed by atoms with van der Waals surface area (Å²) in [6.45, 7) is 3.73. The van der Waals surface area contributed by atoms with Crippen LogP contribution in [0.15, 0.2) is 39.9 Å². The van der Waals surface area contributed by atoms with E-state index in [2.05, 4.69) is 26.5 Å². The number of rotatable bonds is 6. The molecule has 0 aliphatic rings. The molecule has 0 spiro atoms. The van der Waals surface area contributed by atoms with E-state index in [4.69, 9.17) is 4.74 Å². The van der Waals surface area contributed by atoms with Crippen LogP contribution in [0, 0.1) is 10.1 Å². The molecule has 0 aliphatic heterocycles. The Morgan fingerprint density at radius 1 is 1.42 bits per heavy atom. The standard InChI is InChI=1S/C15H14BrN3O4S/c1-9(2)23-13-5-3-10(16)7-12(13)15(20)18-17-8-11-4-6-14(24-11)19(21)22/h3-9H,1-2H3,(H,18,20). The van der Waals surface area contributed by atoms with Crippen LogP contribution in [0.2, 0.25) is 0 Å². The maximum absolute atomic E-state index is 12.3. The number of carbonyl (C=O) groups is 1. The fourth-order valence-corrected chi connectivity index (χ4v) is 2.82. The molecule has 0 fully saturated rings. The maximum atomic E-state index is 12.3. The van der Waals surface area contributed by atoms with Crippen molar-refractivity contribution in [2.45, 2.75) is 20.0 Å². The summed E-state index contributed by atoms with van der Waals surface area (Å²) >= 11 is 4.29. The first kappa shape index (κ1) is 18.1. The lowest BCUT2D eigenvalue weighted by Gasteiger charge is -2.13. The molecule has 1 N–H and O–H groups in total. The number of ether oxygens (including phenoxy) is 1. The van der Waals surface area contributed by atoms with Crippen molar-refractivity contribution >= 4 is 44.4 Å². The summed E-state index contributed by atoms with van der Waals surface area (Å²) in [5.41, 5.74) is 2.73. The van der Waals surface area contributed by atoms with Crippen LogP contribution in [0.1, 0.15) is 29.1 Å². The fourth-order valence-electron chi connectivity index (χ4n) is 1.76.